The van der Waals surface area contributed by atoms with Crippen LogP contribution in [0.2, 0.25) is 0 Å². The molecule has 0 saturated carbocycles. The molecule has 0 amide bonds. The molecular formula is C9H14N2O3S. The highest BCUT2D eigenvalue weighted by molar-refractivity contribution is 7.93. The average molecular weight is 230 g/mol. The Kier molecular flexibility index (Phi) is 2.70. The molecule has 0 spiro atoms. The number of hydrogen-bond donors (Lipinski definition) is 1. The molecule has 1 aromatic heterocycles. The Labute approximate surface area is 89.1 Å². The summed E-state index contributed by atoms with van der Waals surface area (Å²) in [5, 5.41) is 2.66. The van der Waals surface area contributed by atoms with Gasteiger partial charge in [0, 0.05) is 25.7 Å². The highest BCUT2D eigenvalue weighted by atomic mass is 32.2. The standard InChI is InChI=1S/C9H14N2O3S/c1-8-7-10-4-5-11(15(8,12)13)9-3-2-6-14-9/h2-3,6,8,10H,4-5,7H2,1H3. The van der Waals surface area contributed by atoms with E-state index in [1.54, 1.807) is 19.1 Å². The van der Waals surface area contributed by atoms with Crippen molar-refractivity contribution >= 4 is 15.9 Å². The van der Waals surface area contributed by atoms with Crippen LogP contribution in [0, 0.1) is 0 Å². The minimum absolute atomic E-state index is 0.394. The van der Waals surface area contributed by atoms with E-state index in [0.717, 1.165) is 0 Å². The maximum Gasteiger partial charge on any atom is 0.241 e. The molecule has 15 heavy (non-hydrogen) atoms. The van der Waals surface area contributed by atoms with Gasteiger partial charge in [0.25, 0.3) is 0 Å². The van der Waals surface area contributed by atoms with Gasteiger partial charge in [-0.1, -0.05) is 0 Å². The van der Waals surface area contributed by atoms with Crippen molar-refractivity contribution in [1.29, 1.82) is 0 Å². The third-order valence-corrected chi connectivity index (χ3v) is 4.65. The molecule has 1 aliphatic rings. The summed E-state index contributed by atoms with van der Waals surface area (Å²) in [6, 6.07) is 3.35. The summed E-state index contributed by atoms with van der Waals surface area (Å²) in [6.45, 7) is 3.24. The number of hydrogen-bond acceptors (Lipinski definition) is 4. The van der Waals surface area contributed by atoms with Crippen molar-refractivity contribution in [2.45, 2.75) is 12.2 Å². The number of furan rings is 1. The van der Waals surface area contributed by atoms with E-state index in [0.29, 0.717) is 25.5 Å². The number of rotatable bonds is 1. The van der Waals surface area contributed by atoms with Crippen LogP contribution in [-0.4, -0.2) is 33.3 Å². The molecule has 1 saturated heterocycles. The number of nitrogens with zero attached hydrogens (tertiary/aromatic N) is 1. The van der Waals surface area contributed by atoms with Gasteiger partial charge in [-0.15, -0.1) is 0 Å². The minimum atomic E-state index is -3.28. The van der Waals surface area contributed by atoms with Gasteiger partial charge < -0.3 is 9.73 Å². The van der Waals surface area contributed by atoms with Gasteiger partial charge in [-0.25, -0.2) is 12.7 Å². The molecule has 1 atom stereocenters. The average Bonchev–Trinajstić information content (AvgIpc) is 2.65. The Morgan fingerprint density at radius 2 is 2.40 bits per heavy atom. The summed E-state index contributed by atoms with van der Waals surface area (Å²) in [6.07, 6.45) is 1.48. The smallest absolute Gasteiger partial charge is 0.241 e. The first-order valence-electron chi connectivity index (χ1n) is 4.88. The summed E-state index contributed by atoms with van der Waals surface area (Å²) in [7, 11) is -3.28. The first kappa shape index (κ1) is 10.5. The quantitative estimate of drug-likeness (QED) is 0.759. The SMILES string of the molecule is CC1CNCCN(c2ccco2)S1(=O)=O. The molecule has 1 N–H and O–H groups in total. The second-order valence-corrected chi connectivity index (χ2v) is 5.86. The third kappa shape index (κ3) is 1.87. The minimum Gasteiger partial charge on any atom is -0.448 e. The molecule has 0 aliphatic carbocycles. The first-order chi connectivity index (χ1) is 7.12. The zero-order valence-corrected chi connectivity index (χ0v) is 9.33. The molecule has 1 fully saturated rings. The van der Waals surface area contributed by atoms with E-state index >= 15 is 0 Å². The van der Waals surface area contributed by atoms with Gasteiger partial charge in [-0.05, 0) is 13.0 Å². The summed E-state index contributed by atoms with van der Waals surface area (Å²) in [4.78, 5) is 0. The monoisotopic (exact) mass is 230 g/mol. The van der Waals surface area contributed by atoms with Gasteiger partial charge in [0.15, 0.2) is 0 Å². The van der Waals surface area contributed by atoms with Gasteiger partial charge in [-0.2, -0.15) is 0 Å². The lowest BCUT2D eigenvalue weighted by Crippen LogP contribution is -2.37. The molecule has 2 rings (SSSR count). The van der Waals surface area contributed by atoms with Gasteiger partial charge in [-0.3, -0.25) is 0 Å². The number of sulfonamides is 1. The van der Waals surface area contributed by atoms with Crippen molar-refractivity contribution in [2.24, 2.45) is 0 Å². The first-order valence-corrected chi connectivity index (χ1v) is 6.38. The molecule has 0 aromatic carbocycles. The molecule has 1 unspecified atom stereocenters. The highest BCUT2D eigenvalue weighted by Crippen LogP contribution is 2.21. The normalized spacial score (nSPS) is 26.2. The van der Waals surface area contributed by atoms with E-state index < -0.39 is 15.3 Å². The van der Waals surface area contributed by atoms with E-state index in [1.807, 2.05) is 0 Å². The molecule has 0 radical (unpaired) electrons. The Hall–Kier alpha value is -1.01. The fourth-order valence-electron chi connectivity index (χ4n) is 1.58. The van der Waals surface area contributed by atoms with Crippen molar-refractivity contribution in [3.63, 3.8) is 0 Å². The maximum atomic E-state index is 12.1. The molecule has 6 heteroatoms. The summed E-state index contributed by atoms with van der Waals surface area (Å²) >= 11 is 0. The molecule has 5 nitrogen and oxygen atoms in total. The van der Waals surface area contributed by atoms with Gasteiger partial charge in [0.2, 0.25) is 15.9 Å². The predicted molar refractivity (Wildman–Crippen MR) is 57.3 cm³/mol. The zero-order chi connectivity index (χ0) is 10.9. The van der Waals surface area contributed by atoms with Crippen molar-refractivity contribution in [2.75, 3.05) is 23.9 Å². The molecule has 0 bridgehead atoms. The van der Waals surface area contributed by atoms with Gasteiger partial charge in [0.1, 0.15) is 0 Å². The van der Waals surface area contributed by atoms with E-state index in [9.17, 15) is 8.42 Å². The largest absolute Gasteiger partial charge is 0.448 e. The van der Waals surface area contributed by atoms with Crippen LogP contribution in [0.3, 0.4) is 0 Å². The fraction of sp³-hybridized carbons (Fsp3) is 0.556. The Bertz CT molecular complexity index is 413. The van der Waals surface area contributed by atoms with Crippen LogP contribution in [0.4, 0.5) is 5.88 Å². The second-order valence-electron chi connectivity index (χ2n) is 3.58. The predicted octanol–water partition coefficient (Wildman–Crippen LogP) is 0.408. The van der Waals surface area contributed by atoms with Crippen LogP contribution in [0.15, 0.2) is 22.8 Å². The lowest BCUT2D eigenvalue weighted by atomic mass is 10.4. The van der Waals surface area contributed by atoms with Gasteiger partial charge in [0.05, 0.1) is 11.5 Å². The second kappa shape index (κ2) is 3.86. The molecule has 1 aromatic rings. The van der Waals surface area contributed by atoms with Crippen LogP contribution in [0.5, 0.6) is 0 Å². The number of nitrogens with one attached hydrogen (secondary N) is 1. The van der Waals surface area contributed by atoms with E-state index in [-0.39, 0.29) is 0 Å². The van der Waals surface area contributed by atoms with Gasteiger partial charge >= 0.3 is 0 Å². The van der Waals surface area contributed by atoms with Crippen LogP contribution >= 0.6 is 0 Å². The van der Waals surface area contributed by atoms with Crippen molar-refractivity contribution < 1.29 is 12.8 Å². The molecular weight excluding hydrogens is 216 g/mol. The Balaban J connectivity index is 2.37. The van der Waals surface area contributed by atoms with E-state index in [1.165, 1.54) is 10.6 Å². The Morgan fingerprint density at radius 1 is 1.60 bits per heavy atom. The van der Waals surface area contributed by atoms with Crippen molar-refractivity contribution in [1.82, 2.24) is 5.32 Å². The highest BCUT2D eigenvalue weighted by Gasteiger charge is 2.32. The Morgan fingerprint density at radius 3 is 3.07 bits per heavy atom. The molecule has 2 heterocycles. The third-order valence-electron chi connectivity index (χ3n) is 2.49. The number of anilines is 1. The van der Waals surface area contributed by atoms with Crippen molar-refractivity contribution in [3.05, 3.63) is 18.4 Å². The van der Waals surface area contributed by atoms with Crippen LogP contribution in [0.25, 0.3) is 0 Å². The summed E-state index contributed by atoms with van der Waals surface area (Å²) < 4.78 is 30.6. The summed E-state index contributed by atoms with van der Waals surface area (Å²) in [5.74, 6) is 0.394. The zero-order valence-electron chi connectivity index (χ0n) is 8.51. The maximum absolute atomic E-state index is 12.1. The summed E-state index contributed by atoms with van der Waals surface area (Å²) in [5.41, 5.74) is 0. The lowest BCUT2D eigenvalue weighted by Gasteiger charge is -2.21. The van der Waals surface area contributed by atoms with Crippen LogP contribution in [-0.2, 0) is 10.0 Å². The van der Waals surface area contributed by atoms with Crippen LogP contribution in [0.1, 0.15) is 6.92 Å². The van der Waals surface area contributed by atoms with Crippen molar-refractivity contribution in [3.8, 4) is 0 Å². The topological polar surface area (TPSA) is 62.6 Å². The van der Waals surface area contributed by atoms with E-state index in [2.05, 4.69) is 5.32 Å². The van der Waals surface area contributed by atoms with Crippen LogP contribution < -0.4 is 9.62 Å². The lowest BCUT2D eigenvalue weighted by molar-refractivity contribution is 0.550. The van der Waals surface area contributed by atoms with E-state index in [4.69, 9.17) is 4.42 Å². The molecule has 1 aliphatic heterocycles. The fourth-order valence-corrected chi connectivity index (χ4v) is 3.05. The molecule has 84 valence electrons.